The van der Waals surface area contributed by atoms with E-state index >= 15 is 0 Å². The first-order valence-electron chi connectivity index (χ1n) is 7.11. The molecule has 0 radical (unpaired) electrons. The van der Waals surface area contributed by atoms with Crippen LogP contribution in [0, 0.1) is 5.41 Å². The summed E-state index contributed by atoms with van der Waals surface area (Å²) in [6, 6.07) is 7.48. The van der Waals surface area contributed by atoms with Crippen molar-refractivity contribution in [1.82, 2.24) is 10.2 Å². The number of benzene rings is 1. The van der Waals surface area contributed by atoms with E-state index in [0.29, 0.717) is 15.0 Å². The maximum Gasteiger partial charge on any atom is 0.186 e. The van der Waals surface area contributed by atoms with Gasteiger partial charge in [0.1, 0.15) is 21.7 Å². The van der Waals surface area contributed by atoms with Crippen LogP contribution in [0.3, 0.4) is 0 Å². The molecule has 3 rings (SSSR count). The number of ketones is 1. The lowest BCUT2D eigenvalue weighted by Crippen LogP contribution is -2.11. The molecular formula is C16H15N3O2S2. The molecule has 1 unspecified atom stereocenters. The van der Waals surface area contributed by atoms with Crippen molar-refractivity contribution in [2.75, 3.05) is 7.11 Å². The number of methoxy groups -OCH3 is 1. The second kappa shape index (κ2) is 6.64. The van der Waals surface area contributed by atoms with Gasteiger partial charge in [-0.15, -0.1) is 21.5 Å². The molecule has 5 nitrogen and oxygen atoms in total. The number of rotatable bonds is 4. The summed E-state index contributed by atoms with van der Waals surface area (Å²) in [7, 11) is 1.61. The molecule has 1 saturated heterocycles. The minimum Gasteiger partial charge on any atom is -0.497 e. The van der Waals surface area contributed by atoms with Gasteiger partial charge in [0, 0.05) is 0 Å². The molecule has 1 N–H and O–H groups in total. The second-order valence-corrected chi connectivity index (χ2v) is 7.11. The number of thioether (sulfide) groups is 1. The van der Waals surface area contributed by atoms with Crippen molar-refractivity contribution in [2.24, 2.45) is 0 Å². The number of hydrogen-bond acceptors (Lipinski definition) is 7. The molecule has 0 spiro atoms. The lowest BCUT2D eigenvalue weighted by Gasteiger charge is -2.02. The third kappa shape index (κ3) is 3.20. The van der Waals surface area contributed by atoms with E-state index in [2.05, 4.69) is 10.2 Å². The zero-order chi connectivity index (χ0) is 16.4. The van der Waals surface area contributed by atoms with E-state index in [9.17, 15) is 4.79 Å². The Hall–Kier alpha value is -1.99. The maximum absolute atomic E-state index is 12.7. The summed E-state index contributed by atoms with van der Waals surface area (Å²) in [6.45, 7) is 1.99. The highest BCUT2D eigenvalue weighted by molar-refractivity contribution is 8.19. The van der Waals surface area contributed by atoms with E-state index in [1.54, 1.807) is 13.2 Å². The Morgan fingerprint density at radius 3 is 2.91 bits per heavy atom. The van der Waals surface area contributed by atoms with Crippen molar-refractivity contribution in [1.29, 1.82) is 5.41 Å². The number of aryl methyl sites for hydroxylation is 1. The molecule has 1 fully saturated rings. The van der Waals surface area contributed by atoms with Crippen LogP contribution in [0.25, 0.3) is 6.08 Å². The zero-order valence-corrected chi connectivity index (χ0v) is 14.3. The smallest absolute Gasteiger partial charge is 0.186 e. The van der Waals surface area contributed by atoms with E-state index in [1.165, 1.54) is 23.1 Å². The number of nitrogens with one attached hydrogen (secondary N) is 1. The largest absolute Gasteiger partial charge is 0.497 e. The predicted octanol–water partition coefficient (Wildman–Crippen LogP) is 3.53. The topological polar surface area (TPSA) is 75.9 Å². The highest BCUT2D eigenvalue weighted by Gasteiger charge is 2.39. The molecule has 7 heteroatoms. The Labute approximate surface area is 142 Å². The molecule has 1 aliphatic rings. The Balaban J connectivity index is 1.89. The number of nitrogens with zero attached hydrogens (tertiary/aromatic N) is 2. The first-order chi connectivity index (χ1) is 11.1. The standard InChI is InChI=1S/C16H15N3O2S2/c1-3-12-18-19-16(23-12)13-14(20)11(22-15(13)17)8-9-5-4-6-10(7-9)21-2/h4-8,13,17H,3H2,1-2H3. The van der Waals surface area contributed by atoms with Gasteiger partial charge in [0.2, 0.25) is 0 Å². The van der Waals surface area contributed by atoms with Crippen molar-refractivity contribution < 1.29 is 9.53 Å². The number of carbonyl (C=O) groups excluding carboxylic acids is 1. The van der Waals surface area contributed by atoms with Crippen LogP contribution in [0.5, 0.6) is 5.75 Å². The summed E-state index contributed by atoms with van der Waals surface area (Å²) >= 11 is 2.60. The van der Waals surface area contributed by atoms with Gasteiger partial charge in [0.25, 0.3) is 0 Å². The fraction of sp³-hybridized carbons (Fsp3) is 0.250. The number of aromatic nitrogens is 2. The first-order valence-corrected chi connectivity index (χ1v) is 8.74. The molecule has 0 bridgehead atoms. The molecule has 1 aromatic carbocycles. The normalized spacial score (nSPS) is 19.6. The van der Waals surface area contributed by atoms with Crippen LogP contribution < -0.4 is 4.74 Å². The van der Waals surface area contributed by atoms with Gasteiger partial charge >= 0.3 is 0 Å². The molecule has 2 aromatic rings. The van der Waals surface area contributed by atoms with Gasteiger partial charge in [-0.3, -0.25) is 10.2 Å². The van der Waals surface area contributed by atoms with Crippen LogP contribution in [-0.4, -0.2) is 28.1 Å². The molecular weight excluding hydrogens is 330 g/mol. The number of ether oxygens (including phenoxy) is 1. The Morgan fingerprint density at radius 2 is 2.22 bits per heavy atom. The van der Waals surface area contributed by atoms with Crippen molar-refractivity contribution in [3.63, 3.8) is 0 Å². The van der Waals surface area contributed by atoms with Crippen molar-refractivity contribution >= 4 is 40.0 Å². The molecule has 2 heterocycles. The Bertz CT molecular complexity index is 798. The molecule has 118 valence electrons. The van der Waals surface area contributed by atoms with Gasteiger partial charge in [0.05, 0.1) is 17.1 Å². The number of hydrogen-bond donors (Lipinski definition) is 1. The van der Waals surface area contributed by atoms with Crippen molar-refractivity contribution in [3.8, 4) is 5.75 Å². The lowest BCUT2D eigenvalue weighted by atomic mass is 10.1. The SMILES string of the molecule is CCc1nnc(C2C(=N)SC(=Cc3cccc(OC)c3)C2=O)s1. The summed E-state index contributed by atoms with van der Waals surface area (Å²) in [5, 5.41) is 18.1. The third-order valence-corrected chi connectivity index (χ3v) is 5.54. The average Bonchev–Trinajstić information content (AvgIpc) is 3.12. The van der Waals surface area contributed by atoms with Crippen LogP contribution in [0.1, 0.15) is 28.4 Å². The van der Waals surface area contributed by atoms with Crippen LogP contribution in [0.15, 0.2) is 29.2 Å². The molecule has 1 atom stereocenters. The summed E-state index contributed by atoms with van der Waals surface area (Å²) in [5.41, 5.74) is 0.875. The molecule has 0 saturated carbocycles. The average molecular weight is 345 g/mol. The van der Waals surface area contributed by atoms with E-state index in [1.807, 2.05) is 31.2 Å². The molecule has 1 aromatic heterocycles. The molecule has 23 heavy (non-hydrogen) atoms. The van der Waals surface area contributed by atoms with Crippen molar-refractivity contribution in [3.05, 3.63) is 44.7 Å². The summed E-state index contributed by atoms with van der Waals surface area (Å²) in [5.74, 6) is 0.0504. The van der Waals surface area contributed by atoms with Crippen molar-refractivity contribution in [2.45, 2.75) is 19.3 Å². The summed E-state index contributed by atoms with van der Waals surface area (Å²) < 4.78 is 5.19. The zero-order valence-electron chi connectivity index (χ0n) is 12.7. The van der Waals surface area contributed by atoms with Gasteiger partial charge in [-0.05, 0) is 30.2 Å². The maximum atomic E-state index is 12.7. The third-order valence-electron chi connectivity index (χ3n) is 3.41. The highest BCUT2D eigenvalue weighted by Crippen LogP contribution is 2.41. The van der Waals surface area contributed by atoms with E-state index in [4.69, 9.17) is 10.1 Å². The van der Waals surface area contributed by atoms with E-state index < -0.39 is 5.92 Å². The predicted molar refractivity (Wildman–Crippen MR) is 93.3 cm³/mol. The fourth-order valence-corrected chi connectivity index (χ4v) is 4.18. The lowest BCUT2D eigenvalue weighted by molar-refractivity contribution is -0.114. The Morgan fingerprint density at radius 1 is 1.39 bits per heavy atom. The quantitative estimate of drug-likeness (QED) is 0.858. The van der Waals surface area contributed by atoms with Gasteiger partial charge in [-0.1, -0.05) is 30.8 Å². The number of Topliss-reactive ketones (excluding diaryl/α,β-unsaturated/α-hetero) is 1. The Kier molecular flexibility index (Phi) is 4.58. The van der Waals surface area contributed by atoms with Gasteiger partial charge < -0.3 is 4.74 Å². The van der Waals surface area contributed by atoms with Gasteiger partial charge in [-0.2, -0.15) is 0 Å². The van der Waals surface area contributed by atoms with Gasteiger partial charge in [0.15, 0.2) is 5.78 Å². The fourth-order valence-electron chi connectivity index (χ4n) is 2.22. The van der Waals surface area contributed by atoms with E-state index in [0.717, 1.165) is 22.7 Å². The molecule has 0 amide bonds. The van der Waals surface area contributed by atoms with Gasteiger partial charge in [-0.25, -0.2) is 0 Å². The first kappa shape index (κ1) is 15.9. The highest BCUT2D eigenvalue weighted by atomic mass is 32.2. The number of carbonyl (C=O) groups is 1. The number of allylic oxidation sites excluding steroid dienone is 1. The molecule has 1 aliphatic heterocycles. The van der Waals surface area contributed by atoms with Crippen LogP contribution in [0.4, 0.5) is 0 Å². The van der Waals surface area contributed by atoms with Crippen LogP contribution in [-0.2, 0) is 11.2 Å². The molecule has 0 aliphatic carbocycles. The van der Waals surface area contributed by atoms with Crippen LogP contribution in [0.2, 0.25) is 0 Å². The summed E-state index contributed by atoms with van der Waals surface area (Å²) in [4.78, 5) is 13.2. The summed E-state index contributed by atoms with van der Waals surface area (Å²) in [6.07, 6.45) is 2.58. The van der Waals surface area contributed by atoms with Crippen LogP contribution >= 0.6 is 23.1 Å². The monoisotopic (exact) mass is 345 g/mol. The minimum atomic E-state index is -0.602. The minimum absolute atomic E-state index is 0.0818. The van der Waals surface area contributed by atoms with E-state index in [-0.39, 0.29) is 5.78 Å². The second-order valence-electron chi connectivity index (χ2n) is 4.94.